The van der Waals surface area contributed by atoms with Crippen molar-refractivity contribution < 1.29 is 23.9 Å². The van der Waals surface area contributed by atoms with Gasteiger partial charge in [0, 0.05) is 38.2 Å². The number of rotatable bonds is 4. The van der Waals surface area contributed by atoms with E-state index in [0.29, 0.717) is 43.0 Å². The topological polar surface area (TPSA) is 69.7 Å². The molecule has 4 rings (SSSR count). The fourth-order valence-corrected chi connectivity index (χ4v) is 7.98. The molecule has 8 atom stereocenters. The van der Waals surface area contributed by atoms with Crippen molar-refractivity contribution in [3.63, 3.8) is 0 Å². The number of ketones is 2. The number of carbonyl (C=O) groups is 3. The highest BCUT2D eigenvalue weighted by atomic mass is 16.6. The highest BCUT2D eigenvalue weighted by molar-refractivity contribution is 5.92. The molecule has 4 aliphatic carbocycles. The lowest BCUT2D eigenvalue weighted by molar-refractivity contribution is -0.159. The summed E-state index contributed by atoms with van der Waals surface area (Å²) < 4.78 is 11.1. The van der Waals surface area contributed by atoms with Crippen LogP contribution in [0.15, 0.2) is 11.6 Å². The van der Waals surface area contributed by atoms with Gasteiger partial charge in [-0.1, -0.05) is 19.4 Å². The minimum atomic E-state index is -0.378. The molecule has 3 fully saturated rings. The maximum atomic E-state index is 13.2. The van der Waals surface area contributed by atoms with E-state index < -0.39 is 0 Å². The van der Waals surface area contributed by atoms with E-state index in [2.05, 4.69) is 20.8 Å². The molecular formula is C25H36O5. The lowest BCUT2D eigenvalue weighted by Gasteiger charge is -2.60. The molecule has 30 heavy (non-hydrogen) atoms. The van der Waals surface area contributed by atoms with E-state index in [-0.39, 0.29) is 40.5 Å². The molecule has 0 radical (unpaired) electrons. The van der Waals surface area contributed by atoms with Gasteiger partial charge in [0.1, 0.15) is 11.9 Å². The third-order valence-electron chi connectivity index (χ3n) is 9.48. The second kappa shape index (κ2) is 7.58. The summed E-state index contributed by atoms with van der Waals surface area (Å²) in [7, 11) is 1.62. The smallest absolute Gasteiger partial charge is 0.302 e. The van der Waals surface area contributed by atoms with E-state index in [9.17, 15) is 14.4 Å². The molecule has 0 bridgehead atoms. The highest BCUT2D eigenvalue weighted by Gasteiger charge is 2.64. The molecule has 3 saturated carbocycles. The number of methoxy groups -OCH3 is 1. The predicted molar refractivity (Wildman–Crippen MR) is 113 cm³/mol. The number of hydrogen-bond acceptors (Lipinski definition) is 5. The summed E-state index contributed by atoms with van der Waals surface area (Å²) >= 11 is 0. The van der Waals surface area contributed by atoms with Gasteiger partial charge in [0.05, 0.1) is 6.61 Å². The Bertz CT molecular complexity index is 784. The van der Waals surface area contributed by atoms with Crippen molar-refractivity contribution in [2.75, 3.05) is 13.7 Å². The van der Waals surface area contributed by atoms with Crippen LogP contribution in [0.1, 0.15) is 66.2 Å². The summed E-state index contributed by atoms with van der Waals surface area (Å²) in [4.78, 5) is 37.3. The summed E-state index contributed by atoms with van der Waals surface area (Å²) in [6.07, 6.45) is 6.62. The monoisotopic (exact) mass is 416 g/mol. The third-order valence-corrected chi connectivity index (χ3v) is 9.48. The standard InChI is InChI=1S/C25H36O5/c1-14-10-17(27)11-16-6-7-18-20(25(14,16)4)8-9-24(3)22(28)12-19(23(18)24)21(13-29-5)30-15(2)26/h10,16,18-21,23H,6-9,11-13H2,1-5H3/t16-,18+,19+,20-,21?,23+,24+,25-/m0/s1. The van der Waals surface area contributed by atoms with Crippen LogP contribution < -0.4 is 0 Å². The zero-order valence-corrected chi connectivity index (χ0v) is 19.0. The van der Waals surface area contributed by atoms with Crippen LogP contribution in [-0.4, -0.2) is 37.4 Å². The summed E-state index contributed by atoms with van der Waals surface area (Å²) in [5.74, 6) is 1.76. The fourth-order valence-electron chi connectivity index (χ4n) is 7.98. The number of carbonyl (C=O) groups excluding carboxylic acids is 3. The van der Waals surface area contributed by atoms with Crippen LogP contribution in [0.4, 0.5) is 0 Å². The fraction of sp³-hybridized carbons (Fsp3) is 0.800. The van der Waals surface area contributed by atoms with Crippen molar-refractivity contribution in [2.24, 2.45) is 40.4 Å². The van der Waals surface area contributed by atoms with Gasteiger partial charge >= 0.3 is 5.97 Å². The van der Waals surface area contributed by atoms with Crippen LogP contribution in [0.3, 0.4) is 0 Å². The summed E-state index contributed by atoms with van der Waals surface area (Å²) in [5.41, 5.74) is 0.895. The third kappa shape index (κ3) is 3.11. The Morgan fingerprint density at radius 1 is 1.20 bits per heavy atom. The molecule has 0 heterocycles. The van der Waals surface area contributed by atoms with Crippen LogP contribution >= 0.6 is 0 Å². The number of allylic oxidation sites excluding steroid dienone is 2. The predicted octanol–water partition coefficient (Wildman–Crippen LogP) is 4.14. The summed E-state index contributed by atoms with van der Waals surface area (Å²) in [6, 6.07) is 0. The molecule has 0 spiro atoms. The maximum absolute atomic E-state index is 13.2. The first-order valence-corrected chi connectivity index (χ1v) is 11.5. The molecule has 5 nitrogen and oxygen atoms in total. The Kier molecular flexibility index (Phi) is 5.49. The number of fused-ring (bicyclic) bond motifs is 5. The van der Waals surface area contributed by atoms with E-state index >= 15 is 0 Å². The molecule has 1 unspecified atom stereocenters. The van der Waals surface area contributed by atoms with Gasteiger partial charge in [-0.05, 0) is 67.8 Å². The maximum Gasteiger partial charge on any atom is 0.302 e. The second-order valence-corrected chi connectivity index (χ2v) is 10.7. The van der Waals surface area contributed by atoms with Crippen LogP contribution in [0.2, 0.25) is 0 Å². The molecule has 0 saturated heterocycles. The number of esters is 1. The van der Waals surface area contributed by atoms with E-state index in [1.807, 2.05) is 6.08 Å². The first-order chi connectivity index (χ1) is 14.1. The molecule has 0 N–H and O–H groups in total. The Morgan fingerprint density at radius 2 is 1.93 bits per heavy atom. The van der Waals surface area contributed by atoms with Crippen molar-refractivity contribution in [1.82, 2.24) is 0 Å². The number of hydrogen-bond donors (Lipinski definition) is 0. The van der Waals surface area contributed by atoms with Crippen LogP contribution in [0.25, 0.3) is 0 Å². The van der Waals surface area contributed by atoms with Crippen molar-refractivity contribution in [3.05, 3.63) is 11.6 Å². The minimum Gasteiger partial charge on any atom is -0.460 e. The average Bonchev–Trinajstić information content (AvgIpc) is 2.94. The Hall–Kier alpha value is -1.49. The van der Waals surface area contributed by atoms with Crippen LogP contribution in [0.5, 0.6) is 0 Å². The van der Waals surface area contributed by atoms with E-state index in [1.165, 1.54) is 12.5 Å². The largest absolute Gasteiger partial charge is 0.460 e. The molecule has 5 heteroatoms. The average molecular weight is 417 g/mol. The molecular weight excluding hydrogens is 380 g/mol. The second-order valence-electron chi connectivity index (χ2n) is 10.7. The lowest BCUT2D eigenvalue weighted by Crippen LogP contribution is -2.55. The molecule has 0 aromatic carbocycles. The van der Waals surface area contributed by atoms with Crippen LogP contribution in [0, 0.1) is 40.4 Å². The van der Waals surface area contributed by atoms with Crippen molar-refractivity contribution in [3.8, 4) is 0 Å². The molecule has 4 aliphatic rings. The SMILES string of the molecule is COCC(OC(C)=O)[C@H]1CC(=O)[C@@]2(C)CC[C@H]3[C@@H](CC[C@H]4CC(=O)C=C(C)[C@@]43C)[C@H]12. The number of ether oxygens (including phenoxy) is 2. The van der Waals surface area contributed by atoms with Gasteiger partial charge in [0.25, 0.3) is 0 Å². The number of Topliss-reactive ketones (excluding diaryl/α,β-unsaturated/α-hetero) is 1. The van der Waals surface area contributed by atoms with Gasteiger partial charge in [0.15, 0.2) is 5.78 Å². The van der Waals surface area contributed by atoms with Crippen molar-refractivity contribution in [2.45, 2.75) is 72.3 Å². The highest BCUT2D eigenvalue weighted by Crippen LogP contribution is 2.67. The molecule has 166 valence electrons. The summed E-state index contributed by atoms with van der Waals surface area (Å²) in [5, 5.41) is 0. The van der Waals surface area contributed by atoms with Gasteiger partial charge in [-0.25, -0.2) is 0 Å². The van der Waals surface area contributed by atoms with E-state index in [4.69, 9.17) is 9.47 Å². The van der Waals surface area contributed by atoms with Gasteiger partial charge in [0.2, 0.25) is 0 Å². The van der Waals surface area contributed by atoms with Gasteiger partial charge in [-0.3, -0.25) is 14.4 Å². The minimum absolute atomic E-state index is 0.00816. The summed E-state index contributed by atoms with van der Waals surface area (Å²) in [6.45, 7) is 8.40. The first kappa shape index (κ1) is 21.7. The quantitative estimate of drug-likeness (QED) is 0.644. The van der Waals surface area contributed by atoms with Crippen LogP contribution in [-0.2, 0) is 23.9 Å². The molecule has 0 aliphatic heterocycles. The molecule has 0 aromatic rings. The Morgan fingerprint density at radius 3 is 2.60 bits per heavy atom. The van der Waals surface area contributed by atoms with E-state index in [1.54, 1.807) is 7.11 Å². The van der Waals surface area contributed by atoms with Crippen molar-refractivity contribution >= 4 is 17.5 Å². The Labute approximate surface area is 179 Å². The van der Waals surface area contributed by atoms with Gasteiger partial charge < -0.3 is 9.47 Å². The van der Waals surface area contributed by atoms with Gasteiger partial charge in [-0.2, -0.15) is 0 Å². The normalized spacial score (nSPS) is 43.9. The molecule has 0 aromatic heterocycles. The van der Waals surface area contributed by atoms with Crippen molar-refractivity contribution in [1.29, 1.82) is 0 Å². The Balaban J connectivity index is 1.72. The first-order valence-electron chi connectivity index (χ1n) is 11.5. The zero-order valence-electron chi connectivity index (χ0n) is 19.0. The zero-order chi connectivity index (χ0) is 21.8. The van der Waals surface area contributed by atoms with E-state index in [0.717, 1.165) is 25.7 Å². The lowest BCUT2D eigenvalue weighted by atomic mass is 9.44. The molecule has 0 amide bonds. The van der Waals surface area contributed by atoms with Gasteiger partial charge in [-0.15, -0.1) is 0 Å².